The first-order valence-electron chi connectivity index (χ1n) is 7.35. The van der Waals surface area contributed by atoms with Crippen LogP contribution in [0.4, 0.5) is 9.59 Å². The van der Waals surface area contributed by atoms with Gasteiger partial charge in [-0.3, -0.25) is 0 Å². The van der Waals surface area contributed by atoms with Crippen molar-refractivity contribution in [2.75, 3.05) is 13.2 Å². The standard InChI is InChI=1S/C16H27NO6/c1-9-21-12(18)11(2)10-17(13(19)22-15(3,4)5)14(20)23-16(6,7)8/h2,9-10H2,1,3-8H3. The Kier molecular flexibility index (Phi) is 7.27. The topological polar surface area (TPSA) is 82.1 Å². The lowest BCUT2D eigenvalue weighted by Gasteiger charge is -2.28. The van der Waals surface area contributed by atoms with Crippen LogP contribution in [-0.4, -0.2) is 47.4 Å². The minimum atomic E-state index is -0.919. The summed E-state index contributed by atoms with van der Waals surface area (Å²) in [7, 11) is 0. The number of hydrogen-bond acceptors (Lipinski definition) is 6. The average Bonchev–Trinajstić information content (AvgIpc) is 2.31. The molecule has 7 heteroatoms. The van der Waals surface area contributed by atoms with Crippen LogP contribution in [-0.2, 0) is 19.0 Å². The summed E-state index contributed by atoms with van der Waals surface area (Å²) >= 11 is 0. The van der Waals surface area contributed by atoms with Gasteiger partial charge in [-0.1, -0.05) is 6.58 Å². The zero-order chi connectivity index (χ0) is 18.4. The first kappa shape index (κ1) is 20.9. The van der Waals surface area contributed by atoms with Crippen LogP contribution in [0.2, 0.25) is 0 Å². The normalized spacial score (nSPS) is 11.4. The van der Waals surface area contributed by atoms with E-state index in [9.17, 15) is 14.4 Å². The molecule has 0 rings (SSSR count). The predicted octanol–water partition coefficient (Wildman–Crippen LogP) is 3.28. The van der Waals surface area contributed by atoms with Crippen molar-refractivity contribution in [2.24, 2.45) is 0 Å². The van der Waals surface area contributed by atoms with E-state index in [0.29, 0.717) is 4.90 Å². The summed E-state index contributed by atoms with van der Waals surface area (Å²) in [4.78, 5) is 36.8. The van der Waals surface area contributed by atoms with Crippen LogP contribution < -0.4 is 0 Å². The van der Waals surface area contributed by atoms with E-state index in [-0.39, 0.29) is 18.7 Å². The molecule has 0 heterocycles. The van der Waals surface area contributed by atoms with Gasteiger partial charge in [0.15, 0.2) is 0 Å². The molecule has 0 aliphatic carbocycles. The fourth-order valence-corrected chi connectivity index (χ4v) is 1.33. The van der Waals surface area contributed by atoms with E-state index < -0.39 is 29.4 Å². The quantitative estimate of drug-likeness (QED) is 0.447. The number of ether oxygens (including phenoxy) is 3. The van der Waals surface area contributed by atoms with E-state index in [1.165, 1.54) is 0 Å². The number of esters is 1. The van der Waals surface area contributed by atoms with E-state index >= 15 is 0 Å². The summed E-state index contributed by atoms with van der Waals surface area (Å²) < 4.78 is 15.1. The molecular weight excluding hydrogens is 302 g/mol. The first-order valence-corrected chi connectivity index (χ1v) is 7.35. The molecule has 0 atom stereocenters. The number of nitrogens with zero attached hydrogens (tertiary/aromatic N) is 1. The van der Waals surface area contributed by atoms with Crippen LogP contribution in [0.3, 0.4) is 0 Å². The Morgan fingerprint density at radius 3 is 1.61 bits per heavy atom. The summed E-state index contributed by atoms with van der Waals surface area (Å²) in [6.07, 6.45) is -1.84. The Hall–Kier alpha value is -2.05. The number of amides is 2. The molecule has 0 aliphatic rings. The van der Waals surface area contributed by atoms with Crippen molar-refractivity contribution >= 4 is 18.2 Å². The third-order valence-corrected chi connectivity index (χ3v) is 2.14. The molecule has 2 amide bonds. The molecule has 0 N–H and O–H groups in total. The number of imide groups is 1. The summed E-state index contributed by atoms with van der Waals surface area (Å²) in [6, 6.07) is 0. The van der Waals surface area contributed by atoms with E-state index in [0.717, 1.165) is 0 Å². The molecule has 7 nitrogen and oxygen atoms in total. The lowest BCUT2D eigenvalue weighted by atomic mass is 10.2. The lowest BCUT2D eigenvalue weighted by Crippen LogP contribution is -2.45. The van der Waals surface area contributed by atoms with Crippen LogP contribution in [0, 0.1) is 0 Å². The summed E-state index contributed by atoms with van der Waals surface area (Å²) in [5.41, 5.74) is -1.66. The molecule has 0 unspecified atom stereocenters. The minimum absolute atomic E-state index is 0.0523. The van der Waals surface area contributed by atoms with Gasteiger partial charge in [-0.15, -0.1) is 0 Å². The van der Waals surface area contributed by atoms with Crippen molar-refractivity contribution in [3.63, 3.8) is 0 Å². The number of hydrogen-bond donors (Lipinski definition) is 0. The Morgan fingerprint density at radius 1 is 0.913 bits per heavy atom. The highest BCUT2D eigenvalue weighted by Gasteiger charge is 2.32. The van der Waals surface area contributed by atoms with E-state index in [4.69, 9.17) is 14.2 Å². The van der Waals surface area contributed by atoms with Gasteiger partial charge in [-0.25, -0.2) is 19.3 Å². The summed E-state index contributed by atoms with van der Waals surface area (Å²) in [5.74, 6) is -0.690. The smallest absolute Gasteiger partial charge is 0.420 e. The highest BCUT2D eigenvalue weighted by atomic mass is 16.6. The van der Waals surface area contributed by atoms with Gasteiger partial charge in [0, 0.05) is 0 Å². The highest BCUT2D eigenvalue weighted by molar-refractivity contribution is 5.93. The van der Waals surface area contributed by atoms with Crippen molar-refractivity contribution in [1.82, 2.24) is 4.90 Å². The van der Waals surface area contributed by atoms with Crippen molar-refractivity contribution in [1.29, 1.82) is 0 Å². The van der Waals surface area contributed by atoms with Gasteiger partial charge in [0.25, 0.3) is 0 Å². The van der Waals surface area contributed by atoms with Crippen molar-refractivity contribution in [2.45, 2.75) is 59.7 Å². The maximum atomic E-state index is 12.2. The molecule has 0 aromatic rings. The Bertz CT molecular complexity index is 442. The Morgan fingerprint density at radius 2 is 1.30 bits per heavy atom. The van der Waals surface area contributed by atoms with Gasteiger partial charge in [-0.05, 0) is 48.5 Å². The number of rotatable bonds is 4. The van der Waals surface area contributed by atoms with Gasteiger partial charge >= 0.3 is 18.2 Å². The summed E-state index contributed by atoms with van der Waals surface area (Å²) in [5, 5.41) is 0. The zero-order valence-corrected chi connectivity index (χ0v) is 15.0. The van der Waals surface area contributed by atoms with E-state index in [1.54, 1.807) is 48.5 Å². The monoisotopic (exact) mass is 329 g/mol. The maximum Gasteiger partial charge on any atom is 0.420 e. The van der Waals surface area contributed by atoms with Crippen LogP contribution in [0.5, 0.6) is 0 Å². The molecule has 0 radical (unpaired) electrons. The maximum absolute atomic E-state index is 12.2. The van der Waals surface area contributed by atoms with Crippen LogP contribution in [0.1, 0.15) is 48.5 Å². The molecule has 0 aliphatic heterocycles. The average molecular weight is 329 g/mol. The Labute approximate surface area is 137 Å². The largest absolute Gasteiger partial charge is 0.463 e. The fourth-order valence-electron chi connectivity index (χ4n) is 1.33. The molecular formula is C16H27NO6. The van der Waals surface area contributed by atoms with Gasteiger partial charge in [0.2, 0.25) is 0 Å². The van der Waals surface area contributed by atoms with E-state index in [1.807, 2.05) is 0 Å². The van der Waals surface area contributed by atoms with Crippen molar-refractivity contribution in [3.05, 3.63) is 12.2 Å². The van der Waals surface area contributed by atoms with Gasteiger partial charge in [0.1, 0.15) is 11.2 Å². The minimum Gasteiger partial charge on any atom is -0.463 e. The SMILES string of the molecule is C=C(CN(C(=O)OC(C)(C)C)C(=O)OC(C)(C)C)C(=O)OCC. The van der Waals surface area contributed by atoms with E-state index in [2.05, 4.69) is 6.58 Å². The molecule has 23 heavy (non-hydrogen) atoms. The lowest BCUT2D eigenvalue weighted by molar-refractivity contribution is -0.138. The zero-order valence-electron chi connectivity index (χ0n) is 15.0. The number of carbonyl (C=O) groups is 3. The van der Waals surface area contributed by atoms with Crippen LogP contribution >= 0.6 is 0 Å². The molecule has 0 spiro atoms. The number of carbonyl (C=O) groups excluding carboxylic acids is 3. The second kappa shape index (κ2) is 7.99. The third-order valence-electron chi connectivity index (χ3n) is 2.14. The van der Waals surface area contributed by atoms with Gasteiger partial charge in [-0.2, -0.15) is 0 Å². The molecule has 0 aromatic heterocycles. The molecule has 0 aromatic carbocycles. The second-order valence-electron chi connectivity index (χ2n) is 6.87. The molecule has 132 valence electrons. The molecule has 0 saturated heterocycles. The second-order valence-corrected chi connectivity index (χ2v) is 6.87. The predicted molar refractivity (Wildman–Crippen MR) is 84.9 cm³/mol. The van der Waals surface area contributed by atoms with Crippen LogP contribution in [0.15, 0.2) is 12.2 Å². The molecule has 0 saturated carbocycles. The van der Waals surface area contributed by atoms with Crippen molar-refractivity contribution < 1.29 is 28.6 Å². The van der Waals surface area contributed by atoms with Gasteiger partial charge in [0.05, 0.1) is 18.7 Å². The fraction of sp³-hybridized carbons (Fsp3) is 0.688. The Balaban J connectivity index is 5.22. The third kappa shape index (κ3) is 8.85. The molecule has 0 fully saturated rings. The van der Waals surface area contributed by atoms with Gasteiger partial charge < -0.3 is 14.2 Å². The molecule has 0 bridgehead atoms. The summed E-state index contributed by atoms with van der Waals surface area (Å²) in [6.45, 7) is 15.0. The highest BCUT2D eigenvalue weighted by Crippen LogP contribution is 2.15. The van der Waals surface area contributed by atoms with Crippen LogP contribution in [0.25, 0.3) is 0 Å². The van der Waals surface area contributed by atoms with Crippen molar-refractivity contribution in [3.8, 4) is 0 Å². The first-order chi connectivity index (χ1) is 10.3.